The van der Waals surface area contributed by atoms with Crippen molar-refractivity contribution < 1.29 is 0 Å². The van der Waals surface area contributed by atoms with Gasteiger partial charge in [0, 0.05) is 24.6 Å². The molecule has 4 nitrogen and oxygen atoms in total. The molecule has 2 heterocycles. The maximum absolute atomic E-state index is 6.07. The van der Waals surface area contributed by atoms with E-state index in [0.717, 1.165) is 31.2 Å². The smallest absolute Gasteiger partial charge is 0.135 e. The van der Waals surface area contributed by atoms with E-state index in [2.05, 4.69) is 48.0 Å². The fourth-order valence-corrected chi connectivity index (χ4v) is 2.72. The molecule has 0 aromatic carbocycles. The van der Waals surface area contributed by atoms with Crippen molar-refractivity contribution in [2.45, 2.75) is 39.2 Å². The molecule has 106 valence electrons. The molecule has 1 saturated heterocycles. The van der Waals surface area contributed by atoms with E-state index in [4.69, 9.17) is 11.6 Å². The maximum atomic E-state index is 6.07. The average molecular weight is 283 g/mol. The molecular formula is C14H23ClN4. The third-order valence-electron chi connectivity index (χ3n) is 3.67. The Bertz CT molecular complexity index is 435. The molecule has 1 N–H and O–H groups in total. The van der Waals surface area contributed by atoms with Crippen LogP contribution in [0.2, 0.25) is 5.15 Å². The second-order valence-corrected chi connectivity index (χ2v) is 6.26. The molecule has 19 heavy (non-hydrogen) atoms. The predicted octanol–water partition coefficient (Wildman–Crippen LogP) is 3.01. The number of likely N-dealkylation sites (tertiary alicyclic amines) is 1. The summed E-state index contributed by atoms with van der Waals surface area (Å²) < 4.78 is 0. The summed E-state index contributed by atoms with van der Waals surface area (Å²) in [7, 11) is 2.17. The van der Waals surface area contributed by atoms with E-state index in [1.54, 1.807) is 0 Å². The minimum Gasteiger partial charge on any atom is -0.367 e. The van der Waals surface area contributed by atoms with Gasteiger partial charge in [0.1, 0.15) is 16.8 Å². The van der Waals surface area contributed by atoms with Gasteiger partial charge in [0.05, 0.1) is 0 Å². The number of rotatable bonds is 3. The minimum absolute atomic E-state index is 0.286. The number of aromatic nitrogens is 2. The van der Waals surface area contributed by atoms with Gasteiger partial charge in [0.25, 0.3) is 0 Å². The number of piperidine rings is 1. The van der Waals surface area contributed by atoms with Gasteiger partial charge in [-0.2, -0.15) is 0 Å². The van der Waals surface area contributed by atoms with E-state index < -0.39 is 0 Å². The Labute approximate surface area is 120 Å². The molecule has 0 saturated carbocycles. The maximum Gasteiger partial charge on any atom is 0.135 e. The monoisotopic (exact) mass is 282 g/mol. The second-order valence-electron chi connectivity index (χ2n) is 5.87. The lowest BCUT2D eigenvalue weighted by Crippen LogP contribution is -2.43. The van der Waals surface area contributed by atoms with Crippen LogP contribution in [0, 0.1) is 5.92 Å². The molecule has 0 bridgehead atoms. The van der Waals surface area contributed by atoms with Gasteiger partial charge in [-0.3, -0.25) is 0 Å². The van der Waals surface area contributed by atoms with Crippen LogP contribution in [-0.2, 0) is 0 Å². The van der Waals surface area contributed by atoms with Gasteiger partial charge in [-0.25, -0.2) is 9.97 Å². The number of nitrogens with zero attached hydrogens (tertiary/aromatic N) is 3. The standard InChI is InChI=1S/C14H23ClN4/c1-9(2)14-17-12(15)7-13(18-14)16-11-5-6-19(4)8-10(11)3/h7,9-11H,5-6,8H2,1-4H3,(H,16,17,18). The highest BCUT2D eigenvalue weighted by molar-refractivity contribution is 6.29. The van der Waals surface area contributed by atoms with Crippen molar-refractivity contribution >= 4 is 17.4 Å². The van der Waals surface area contributed by atoms with Crippen LogP contribution in [0.3, 0.4) is 0 Å². The topological polar surface area (TPSA) is 41.1 Å². The fraction of sp³-hybridized carbons (Fsp3) is 0.714. The number of anilines is 1. The third kappa shape index (κ3) is 3.80. The van der Waals surface area contributed by atoms with Gasteiger partial charge < -0.3 is 10.2 Å². The lowest BCUT2D eigenvalue weighted by atomic mass is 9.94. The van der Waals surface area contributed by atoms with Gasteiger partial charge >= 0.3 is 0 Å². The second kappa shape index (κ2) is 6.06. The van der Waals surface area contributed by atoms with E-state index in [9.17, 15) is 0 Å². The minimum atomic E-state index is 0.286. The first-order chi connectivity index (χ1) is 8.95. The van der Waals surface area contributed by atoms with Crippen molar-refractivity contribution in [2.75, 3.05) is 25.5 Å². The Morgan fingerprint density at radius 1 is 1.42 bits per heavy atom. The molecule has 2 atom stereocenters. The lowest BCUT2D eigenvalue weighted by Gasteiger charge is -2.35. The van der Waals surface area contributed by atoms with Gasteiger partial charge in [-0.05, 0) is 25.9 Å². The molecule has 2 rings (SSSR count). The predicted molar refractivity (Wildman–Crippen MR) is 79.8 cm³/mol. The summed E-state index contributed by atoms with van der Waals surface area (Å²) in [6.45, 7) is 8.67. The van der Waals surface area contributed by atoms with Gasteiger partial charge in [0.15, 0.2) is 0 Å². The largest absolute Gasteiger partial charge is 0.367 e. The summed E-state index contributed by atoms with van der Waals surface area (Å²) in [5, 5.41) is 4.04. The van der Waals surface area contributed by atoms with Crippen LogP contribution in [0.4, 0.5) is 5.82 Å². The van der Waals surface area contributed by atoms with E-state index in [0.29, 0.717) is 17.1 Å². The highest BCUT2D eigenvalue weighted by atomic mass is 35.5. The molecule has 1 fully saturated rings. The van der Waals surface area contributed by atoms with Crippen molar-refractivity contribution in [1.82, 2.24) is 14.9 Å². The summed E-state index contributed by atoms with van der Waals surface area (Å²) >= 11 is 6.07. The van der Waals surface area contributed by atoms with Crippen LogP contribution in [0.15, 0.2) is 6.07 Å². The van der Waals surface area contributed by atoms with Crippen LogP contribution >= 0.6 is 11.6 Å². The molecule has 1 aliphatic heterocycles. The van der Waals surface area contributed by atoms with E-state index in [1.807, 2.05) is 6.07 Å². The first kappa shape index (κ1) is 14.5. The van der Waals surface area contributed by atoms with Crippen molar-refractivity contribution in [3.05, 3.63) is 17.0 Å². The Kier molecular flexibility index (Phi) is 4.63. The molecule has 0 spiro atoms. The molecule has 1 aliphatic rings. The third-order valence-corrected chi connectivity index (χ3v) is 3.86. The molecule has 2 unspecified atom stereocenters. The molecule has 0 radical (unpaired) electrons. The quantitative estimate of drug-likeness (QED) is 0.866. The first-order valence-electron chi connectivity index (χ1n) is 6.95. The number of nitrogens with one attached hydrogen (secondary N) is 1. The van der Waals surface area contributed by atoms with Crippen molar-refractivity contribution in [2.24, 2.45) is 5.92 Å². The van der Waals surface area contributed by atoms with Crippen molar-refractivity contribution in [1.29, 1.82) is 0 Å². The van der Waals surface area contributed by atoms with Gasteiger partial charge in [0.2, 0.25) is 0 Å². The van der Waals surface area contributed by atoms with Crippen LogP contribution in [0.5, 0.6) is 0 Å². The molecule has 1 aromatic rings. The molecule has 5 heteroatoms. The highest BCUT2D eigenvalue weighted by Gasteiger charge is 2.24. The van der Waals surface area contributed by atoms with E-state index in [-0.39, 0.29) is 5.92 Å². The molecule has 0 amide bonds. The highest BCUT2D eigenvalue weighted by Crippen LogP contribution is 2.22. The number of hydrogen-bond donors (Lipinski definition) is 1. The van der Waals surface area contributed by atoms with Crippen LogP contribution in [-0.4, -0.2) is 41.0 Å². The van der Waals surface area contributed by atoms with Gasteiger partial charge in [-0.1, -0.05) is 32.4 Å². The Morgan fingerprint density at radius 2 is 2.16 bits per heavy atom. The normalized spacial score (nSPS) is 24.7. The molecule has 1 aromatic heterocycles. The average Bonchev–Trinajstić information content (AvgIpc) is 2.32. The van der Waals surface area contributed by atoms with Crippen molar-refractivity contribution in [3.8, 4) is 0 Å². The SMILES string of the molecule is CC(C)c1nc(Cl)cc(NC2CCN(C)CC2C)n1. The summed E-state index contributed by atoms with van der Waals surface area (Å²) in [4.78, 5) is 11.2. The number of hydrogen-bond acceptors (Lipinski definition) is 4. The summed E-state index contributed by atoms with van der Waals surface area (Å²) in [6, 6.07) is 2.28. The first-order valence-corrected chi connectivity index (χ1v) is 7.33. The molecule has 0 aliphatic carbocycles. The summed E-state index contributed by atoms with van der Waals surface area (Å²) in [6.07, 6.45) is 1.14. The summed E-state index contributed by atoms with van der Waals surface area (Å²) in [5.74, 6) is 2.55. The Morgan fingerprint density at radius 3 is 2.79 bits per heavy atom. The zero-order chi connectivity index (χ0) is 14.0. The van der Waals surface area contributed by atoms with Gasteiger partial charge in [-0.15, -0.1) is 0 Å². The van der Waals surface area contributed by atoms with Crippen LogP contribution in [0.25, 0.3) is 0 Å². The van der Waals surface area contributed by atoms with Crippen LogP contribution < -0.4 is 5.32 Å². The van der Waals surface area contributed by atoms with Crippen molar-refractivity contribution in [3.63, 3.8) is 0 Å². The van der Waals surface area contributed by atoms with E-state index >= 15 is 0 Å². The zero-order valence-corrected chi connectivity index (χ0v) is 12.9. The van der Waals surface area contributed by atoms with Crippen LogP contribution in [0.1, 0.15) is 38.9 Å². The fourth-order valence-electron chi connectivity index (χ4n) is 2.53. The Hall–Kier alpha value is -0.870. The number of halogens is 1. The Balaban J connectivity index is 2.10. The zero-order valence-electron chi connectivity index (χ0n) is 12.2. The van der Waals surface area contributed by atoms with E-state index in [1.165, 1.54) is 0 Å². The molecular weight excluding hydrogens is 260 g/mol. The summed E-state index contributed by atoms with van der Waals surface area (Å²) in [5.41, 5.74) is 0. The lowest BCUT2D eigenvalue weighted by molar-refractivity contribution is 0.206.